The molecule has 0 amide bonds. The van der Waals surface area contributed by atoms with Crippen LogP contribution in [0.2, 0.25) is 0 Å². The lowest BCUT2D eigenvalue weighted by molar-refractivity contribution is -0.161. The highest BCUT2D eigenvalue weighted by Gasteiger charge is 2.61. The van der Waals surface area contributed by atoms with Gasteiger partial charge < -0.3 is 4.74 Å². The van der Waals surface area contributed by atoms with E-state index in [9.17, 15) is 9.59 Å². The Bertz CT molecular complexity index is 715. The van der Waals surface area contributed by atoms with Crippen molar-refractivity contribution in [3.8, 4) is 0 Å². The van der Waals surface area contributed by atoms with Crippen molar-refractivity contribution in [3.05, 3.63) is 0 Å². The number of esters is 1. The molecule has 0 aromatic heterocycles. The van der Waals surface area contributed by atoms with Gasteiger partial charge in [-0.1, -0.05) is 13.8 Å². The quantitative estimate of drug-likeness (QED) is 0.336. The minimum absolute atomic E-state index is 0.0535. The molecule has 0 spiro atoms. The van der Waals surface area contributed by atoms with Crippen LogP contribution in [0.3, 0.4) is 0 Å². The van der Waals surface area contributed by atoms with Gasteiger partial charge in [0.1, 0.15) is 6.10 Å². The third-order valence-electron chi connectivity index (χ3n) is 9.49. The summed E-state index contributed by atoms with van der Waals surface area (Å²) in [5.74, 6) is 2.72. The Morgan fingerprint density at radius 3 is 2.43 bits per heavy atom. The molecule has 0 bridgehead atoms. The molecular formula is C23H35N2O3+. The average molecular weight is 388 g/mol. The first-order valence-electron chi connectivity index (χ1n) is 11.2. The lowest BCUT2D eigenvalue weighted by Gasteiger charge is -2.60. The van der Waals surface area contributed by atoms with E-state index in [4.69, 9.17) is 10.3 Å². The maximum Gasteiger partial charge on any atom is 0.372 e. The molecule has 8 atom stereocenters. The third-order valence-corrected chi connectivity index (χ3v) is 9.49. The summed E-state index contributed by atoms with van der Waals surface area (Å²) in [5, 5.41) is 0. The molecule has 4 saturated carbocycles. The highest BCUT2D eigenvalue weighted by Crippen LogP contribution is 2.67. The van der Waals surface area contributed by atoms with Crippen molar-refractivity contribution in [2.75, 3.05) is 0 Å². The number of nitrogens with one attached hydrogen (secondary N) is 1. The number of hydrogen-bond donors (Lipinski definition) is 1. The van der Waals surface area contributed by atoms with Crippen molar-refractivity contribution < 1.29 is 19.1 Å². The summed E-state index contributed by atoms with van der Waals surface area (Å²) in [6.45, 7) is 6.37. The van der Waals surface area contributed by atoms with Crippen LogP contribution < -0.4 is 0 Å². The van der Waals surface area contributed by atoms with E-state index in [-0.39, 0.29) is 29.2 Å². The van der Waals surface area contributed by atoms with E-state index in [1.54, 1.807) is 0 Å². The summed E-state index contributed by atoms with van der Waals surface area (Å²) in [7, 11) is 0. The molecule has 1 N–H and O–H groups in total. The first kappa shape index (κ1) is 19.8. The summed E-state index contributed by atoms with van der Waals surface area (Å²) in [4.78, 5) is 27.2. The van der Waals surface area contributed by atoms with E-state index in [0.717, 1.165) is 50.4 Å². The molecular weight excluding hydrogens is 352 g/mol. The minimum Gasteiger partial charge on any atom is -0.463 e. The lowest BCUT2D eigenvalue weighted by atomic mass is 9.44. The highest BCUT2D eigenvalue weighted by atomic mass is 16.5. The summed E-state index contributed by atoms with van der Waals surface area (Å²) in [6, 6.07) is 0. The van der Waals surface area contributed by atoms with Crippen molar-refractivity contribution in [3.63, 3.8) is 0 Å². The zero-order chi connectivity index (χ0) is 20.1. The Kier molecular flexibility index (Phi) is 5.02. The van der Waals surface area contributed by atoms with E-state index >= 15 is 0 Å². The van der Waals surface area contributed by atoms with Crippen molar-refractivity contribution in [2.24, 2.45) is 40.4 Å². The molecule has 0 aliphatic heterocycles. The zero-order valence-electron chi connectivity index (χ0n) is 17.6. The maximum absolute atomic E-state index is 12.6. The molecule has 5 nitrogen and oxygen atoms in total. The van der Waals surface area contributed by atoms with Gasteiger partial charge >= 0.3 is 12.2 Å². The summed E-state index contributed by atoms with van der Waals surface area (Å²) in [5.41, 5.74) is 7.48. The van der Waals surface area contributed by atoms with Crippen LogP contribution in [0.1, 0.15) is 78.6 Å². The number of nitrogens with zero attached hydrogens (tertiary/aromatic N) is 1. The molecule has 0 saturated heterocycles. The van der Waals surface area contributed by atoms with Crippen molar-refractivity contribution >= 4 is 18.0 Å². The van der Waals surface area contributed by atoms with E-state index in [2.05, 4.69) is 18.6 Å². The molecule has 5 heteroatoms. The average Bonchev–Trinajstić information content (AvgIpc) is 2.99. The van der Waals surface area contributed by atoms with Crippen LogP contribution in [0, 0.1) is 46.0 Å². The number of carbonyl (C=O) groups is 2. The van der Waals surface area contributed by atoms with E-state index < -0.39 is 0 Å². The third kappa shape index (κ3) is 2.98. The maximum atomic E-state index is 12.6. The van der Waals surface area contributed by atoms with Crippen molar-refractivity contribution in [2.45, 2.75) is 84.7 Å². The molecule has 154 valence electrons. The fourth-order valence-corrected chi connectivity index (χ4v) is 8.18. The van der Waals surface area contributed by atoms with Gasteiger partial charge in [0.05, 0.1) is 10.3 Å². The lowest BCUT2D eigenvalue weighted by Crippen LogP contribution is -2.54. The van der Waals surface area contributed by atoms with Crippen LogP contribution in [0.4, 0.5) is 0 Å². The molecule has 4 fully saturated rings. The second-order valence-corrected chi connectivity index (χ2v) is 10.5. The van der Waals surface area contributed by atoms with Gasteiger partial charge in [-0.05, 0) is 92.3 Å². The van der Waals surface area contributed by atoms with Crippen LogP contribution in [-0.4, -0.2) is 28.9 Å². The SMILES string of the molecule is CC(=O)OC1CCC2(C)C(CCC3C2CCC2(C)C(C(=O)C=[N+]=N)CCC32)C1. The second kappa shape index (κ2) is 7.09. The fourth-order valence-electron chi connectivity index (χ4n) is 8.18. The van der Waals surface area contributed by atoms with Crippen LogP contribution in [-0.2, 0) is 14.3 Å². The van der Waals surface area contributed by atoms with Gasteiger partial charge in [-0.3, -0.25) is 9.59 Å². The molecule has 8 unspecified atom stereocenters. The Morgan fingerprint density at radius 1 is 1.00 bits per heavy atom. The Balaban J connectivity index is 1.53. The van der Waals surface area contributed by atoms with E-state index in [1.807, 2.05) is 0 Å². The molecule has 0 aromatic carbocycles. The molecule has 4 rings (SSSR count). The van der Waals surface area contributed by atoms with Gasteiger partial charge in [0, 0.05) is 12.8 Å². The first-order chi connectivity index (χ1) is 13.3. The van der Waals surface area contributed by atoms with Crippen molar-refractivity contribution in [1.29, 1.82) is 5.53 Å². The molecule has 28 heavy (non-hydrogen) atoms. The van der Waals surface area contributed by atoms with E-state index in [0.29, 0.717) is 17.3 Å². The smallest absolute Gasteiger partial charge is 0.372 e. The van der Waals surface area contributed by atoms with Gasteiger partial charge in [0.15, 0.2) is 0 Å². The van der Waals surface area contributed by atoms with Crippen molar-refractivity contribution in [1.82, 2.24) is 0 Å². The number of hydrogen-bond acceptors (Lipinski definition) is 4. The molecule has 4 aliphatic rings. The van der Waals surface area contributed by atoms with Crippen LogP contribution in [0.15, 0.2) is 0 Å². The predicted octanol–water partition coefficient (Wildman–Crippen LogP) is 4.46. The number of rotatable bonds is 3. The first-order valence-corrected chi connectivity index (χ1v) is 11.2. The standard InChI is InChI=1S/C23H35N2O3/c1-14(26)28-16-8-10-22(2)15(12-16)4-5-17-18-6-7-20(21(27)13-25-24)23(18,3)11-9-19(17)22/h13,15-20,24H,4-12H2,1-3H3/q+1. The normalized spacial score (nSPS) is 47.1. The molecule has 0 aromatic rings. The van der Waals surface area contributed by atoms with Gasteiger partial charge in [0.25, 0.3) is 0 Å². The topological polar surface area (TPSA) is 81.3 Å². The Hall–Kier alpha value is -1.48. The fraction of sp³-hybridized carbons (Fsp3) is 0.870. The molecule has 0 radical (unpaired) electrons. The number of ketones is 1. The van der Waals surface area contributed by atoms with Gasteiger partial charge in [-0.15, -0.1) is 0 Å². The Morgan fingerprint density at radius 2 is 1.71 bits per heavy atom. The highest BCUT2D eigenvalue weighted by molar-refractivity contribution is 6.26. The number of fused-ring (bicyclic) bond motifs is 5. The number of ether oxygens (including phenoxy) is 1. The number of carbonyl (C=O) groups excluding carboxylic acids is 2. The second-order valence-electron chi connectivity index (χ2n) is 10.5. The Labute approximate surface area is 168 Å². The summed E-state index contributed by atoms with van der Waals surface area (Å²) >= 11 is 0. The van der Waals surface area contributed by atoms with Crippen LogP contribution in [0.25, 0.3) is 0 Å². The van der Waals surface area contributed by atoms with Crippen LogP contribution >= 0.6 is 0 Å². The zero-order valence-corrected chi connectivity index (χ0v) is 17.6. The van der Waals surface area contributed by atoms with Crippen LogP contribution in [0.5, 0.6) is 0 Å². The molecule has 4 aliphatic carbocycles. The summed E-state index contributed by atoms with van der Waals surface area (Å²) < 4.78 is 5.57. The predicted molar refractivity (Wildman–Crippen MR) is 105 cm³/mol. The number of Topliss-reactive ketones (excluding diaryl/α,β-unsaturated/α-hetero) is 1. The summed E-state index contributed by atoms with van der Waals surface area (Å²) in [6.07, 6.45) is 11.5. The monoisotopic (exact) mass is 387 g/mol. The minimum atomic E-state index is -0.145. The van der Waals surface area contributed by atoms with Gasteiger partial charge in [-0.25, -0.2) is 0 Å². The van der Waals surface area contributed by atoms with Gasteiger partial charge in [0.2, 0.25) is 5.78 Å². The molecule has 0 heterocycles. The van der Waals surface area contributed by atoms with Gasteiger partial charge in [-0.2, -0.15) is 0 Å². The van der Waals surface area contributed by atoms with E-state index in [1.165, 1.54) is 32.4 Å². The largest absolute Gasteiger partial charge is 0.463 e.